The number of allylic oxidation sites excluding steroid dienone is 1. The third-order valence-electron chi connectivity index (χ3n) is 2.72. The Morgan fingerprint density at radius 1 is 1.21 bits per heavy atom. The normalized spacial score (nSPS) is 13.8. The van der Waals surface area contributed by atoms with Gasteiger partial charge in [-0.3, -0.25) is 10.1 Å². The monoisotopic (exact) mass is 254 g/mol. The van der Waals surface area contributed by atoms with Gasteiger partial charge in [0, 0.05) is 19.0 Å². The zero-order valence-electron chi connectivity index (χ0n) is 10.3. The van der Waals surface area contributed by atoms with Gasteiger partial charge in [0.2, 0.25) is 5.95 Å². The molecule has 0 radical (unpaired) electrons. The molecule has 0 bridgehead atoms. The minimum Gasteiger partial charge on any atom is -0.372 e. The highest BCUT2D eigenvalue weighted by Crippen LogP contribution is 2.10. The van der Waals surface area contributed by atoms with Crippen molar-refractivity contribution in [2.24, 2.45) is 4.99 Å². The predicted molar refractivity (Wildman–Crippen MR) is 74.6 cm³/mol. The van der Waals surface area contributed by atoms with Gasteiger partial charge in [-0.05, 0) is 5.56 Å². The van der Waals surface area contributed by atoms with Crippen molar-refractivity contribution in [2.45, 2.75) is 6.54 Å². The number of anilines is 1. The second-order valence-corrected chi connectivity index (χ2v) is 4.12. The summed E-state index contributed by atoms with van der Waals surface area (Å²) in [4.78, 5) is 8.50. The summed E-state index contributed by atoms with van der Waals surface area (Å²) in [6.45, 7) is 1.31. The van der Waals surface area contributed by atoms with E-state index in [1.165, 1.54) is 5.56 Å². The van der Waals surface area contributed by atoms with Crippen LogP contribution in [-0.4, -0.2) is 28.1 Å². The van der Waals surface area contributed by atoms with Crippen LogP contribution in [0.2, 0.25) is 0 Å². The molecular weight excluding hydrogens is 240 g/mol. The highest BCUT2D eigenvalue weighted by Gasteiger charge is 2.07. The first-order valence-electron chi connectivity index (χ1n) is 6.06. The maximum atomic E-state index is 4.37. The number of nitrogens with zero attached hydrogens (tertiary/aromatic N) is 3. The number of nitrogens with one attached hydrogen (secondary N) is 3. The summed E-state index contributed by atoms with van der Waals surface area (Å²) >= 11 is 0. The summed E-state index contributed by atoms with van der Waals surface area (Å²) in [5.74, 6) is 1.28. The third kappa shape index (κ3) is 2.79. The Labute approximate surface area is 110 Å². The van der Waals surface area contributed by atoms with Crippen molar-refractivity contribution in [3.63, 3.8) is 0 Å². The quantitative estimate of drug-likeness (QED) is 0.770. The average molecular weight is 254 g/mol. The average Bonchev–Trinajstić information content (AvgIpc) is 2.96. The van der Waals surface area contributed by atoms with Gasteiger partial charge in [0.25, 0.3) is 0 Å². The maximum absolute atomic E-state index is 4.37. The summed E-state index contributed by atoms with van der Waals surface area (Å²) in [6, 6.07) is 10.1. The number of aromatic amines is 1. The molecule has 1 aliphatic heterocycles. The van der Waals surface area contributed by atoms with E-state index in [0.717, 1.165) is 5.57 Å². The minimum atomic E-state index is 0.582. The Bertz CT molecular complexity index is 599. The van der Waals surface area contributed by atoms with Crippen LogP contribution in [0.4, 0.5) is 5.95 Å². The number of H-pyrrole nitrogens is 1. The molecule has 0 fully saturated rings. The summed E-state index contributed by atoms with van der Waals surface area (Å²) in [5, 5.41) is 13.2. The van der Waals surface area contributed by atoms with Crippen LogP contribution in [0.15, 0.2) is 41.5 Å². The second-order valence-electron chi connectivity index (χ2n) is 4.12. The molecule has 0 unspecified atom stereocenters. The van der Waals surface area contributed by atoms with Crippen LogP contribution in [0.5, 0.6) is 0 Å². The molecular formula is C13H14N6. The van der Waals surface area contributed by atoms with Gasteiger partial charge in [0.1, 0.15) is 6.67 Å². The van der Waals surface area contributed by atoms with Crippen LogP contribution in [0.3, 0.4) is 0 Å². The lowest BCUT2D eigenvalue weighted by atomic mass is 10.2. The lowest BCUT2D eigenvalue weighted by Gasteiger charge is -2.04. The van der Waals surface area contributed by atoms with Crippen LogP contribution < -0.4 is 10.6 Å². The molecule has 3 N–H and O–H groups in total. The Morgan fingerprint density at radius 3 is 2.89 bits per heavy atom. The molecule has 1 aromatic heterocycles. The Kier molecular flexibility index (Phi) is 3.22. The lowest BCUT2D eigenvalue weighted by molar-refractivity contribution is 0.880. The molecule has 2 aromatic rings. The number of rotatable bonds is 4. The fraction of sp³-hybridized carbons (Fsp3) is 0.154. The van der Waals surface area contributed by atoms with E-state index in [1.54, 1.807) is 6.21 Å². The van der Waals surface area contributed by atoms with Gasteiger partial charge in [-0.25, -0.2) is 0 Å². The van der Waals surface area contributed by atoms with Crippen molar-refractivity contribution in [2.75, 3.05) is 12.0 Å². The Hall–Kier alpha value is -2.63. The van der Waals surface area contributed by atoms with Gasteiger partial charge < -0.3 is 10.6 Å². The molecule has 6 heteroatoms. The molecule has 6 nitrogen and oxygen atoms in total. The van der Waals surface area contributed by atoms with Crippen molar-refractivity contribution in [1.82, 2.24) is 20.5 Å². The van der Waals surface area contributed by atoms with E-state index in [2.05, 4.69) is 42.9 Å². The predicted octanol–water partition coefficient (Wildman–Crippen LogP) is 1.39. The van der Waals surface area contributed by atoms with Crippen molar-refractivity contribution >= 4 is 17.7 Å². The first-order valence-corrected chi connectivity index (χ1v) is 6.06. The molecule has 3 rings (SSSR count). The van der Waals surface area contributed by atoms with Crippen LogP contribution >= 0.6 is 0 Å². The number of aliphatic imine (C=N–C) groups is 1. The SMILES string of the molecule is C1=NCNC=C1c1nc(NCc2ccccc2)n[nH]1. The number of hydrogen-bond donors (Lipinski definition) is 3. The van der Waals surface area contributed by atoms with Crippen LogP contribution in [0.1, 0.15) is 11.4 Å². The first-order chi connectivity index (χ1) is 9.42. The van der Waals surface area contributed by atoms with E-state index >= 15 is 0 Å². The zero-order valence-corrected chi connectivity index (χ0v) is 10.3. The molecule has 0 saturated carbocycles. The standard InChI is InChI=1S/C13H14N6/c1-2-4-10(5-3-1)6-16-13-17-12(18-19-13)11-7-14-9-15-8-11/h1-5,7-8,14H,6,9H2,(H2,16,17,18,19). The second kappa shape index (κ2) is 5.34. The van der Waals surface area contributed by atoms with E-state index in [-0.39, 0.29) is 0 Å². The molecule has 0 aliphatic carbocycles. The number of hydrogen-bond acceptors (Lipinski definition) is 5. The molecule has 0 saturated heterocycles. The maximum Gasteiger partial charge on any atom is 0.242 e. The van der Waals surface area contributed by atoms with Crippen molar-refractivity contribution in [3.8, 4) is 0 Å². The molecule has 96 valence electrons. The van der Waals surface area contributed by atoms with E-state index in [0.29, 0.717) is 25.0 Å². The van der Waals surface area contributed by atoms with Crippen molar-refractivity contribution < 1.29 is 0 Å². The van der Waals surface area contributed by atoms with Gasteiger partial charge in [-0.2, -0.15) is 4.98 Å². The van der Waals surface area contributed by atoms with Gasteiger partial charge in [0.05, 0.1) is 5.57 Å². The number of benzene rings is 1. The fourth-order valence-electron chi connectivity index (χ4n) is 1.77. The zero-order chi connectivity index (χ0) is 12.9. The van der Waals surface area contributed by atoms with Gasteiger partial charge >= 0.3 is 0 Å². The Balaban J connectivity index is 1.65. The fourth-order valence-corrected chi connectivity index (χ4v) is 1.77. The van der Waals surface area contributed by atoms with Crippen LogP contribution in [0.25, 0.3) is 5.57 Å². The highest BCUT2D eigenvalue weighted by molar-refractivity contribution is 6.08. The topological polar surface area (TPSA) is 78.0 Å². The van der Waals surface area contributed by atoms with Crippen molar-refractivity contribution in [1.29, 1.82) is 0 Å². The molecule has 0 atom stereocenters. The van der Waals surface area contributed by atoms with E-state index in [9.17, 15) is 0 Å². The van der Waals surface area contributed by atoms with Gasteiger partial charge in [0.15, 0.2) is 5.82 Å². The Morgan fingerprint density at radius 2 is 2.11 bits per heavy atom. The van der Waals surface area contributed by atoms with Gasteiger partial charge in [-0.1, -0.05) is 30.3 Å². The molecule has 19 heavy (non-hydrogen) atoms. The molecule has 1 aromatic carbocycles. The first kappa shape index (κ1) is 11.5. The third-order valence-corrected chi connectivity index (χ3v) is 2.72. The summed E-state index contributed by atoms with van der Waals surface area (Å²) < 4.78 is 0. The van der Waals surface area contributed by atoms with Gasteiger partial charge in [-0.15, -0.1) is 5.10 Å². The van der Waals surface area contributed by atoms with Crippen LogP contribution in [0, 0.1) is 0 Å². The van der Waals surface area contributed by atoms with Crippen molar-refractivity contribution in [3.05, 3.63) is 47.9 Å². The summed E-state index contributed by atoms with van der Waals surface area (Å²) in [6.07, 6.45) is 3.65. The number of aromatic nitrogens is 3. The molecule has 0 amide bonds. The summed E-state index contributed by atoms with van der Waals surface area (Å²) in [7, 11) is 0. The summed E-state index contributed by atoms with van der Waals surface area (Å²) in [5.41, 5.74) is 2.08. The largest absolute Gasteiger partial charge is 0.372 e. The smallest absolute Gasteiger partial charge is 0.242 e. The minimum absolute atomic E-state index is 0.582. The van der Waals surface area contributed by atoms with Crippen LogP contribution in [-0.2, 0) is 6.54 Å². The molecule has 2 heterocycles. The van der Waals surface area contributed by atoms with E-state index in [4.69, 9.17) is 0 Å². The molecule has 0 spiro atoms. The van der Waals surface area contributed by atoms with E-state index in [1.807, 2.05) is 24.4 Å². The highest BCUT2D eigenvalue weighted by atomic mass is 15.3. The lowest BCUT2D eigenvalue weighted by Crippen LogP contribution is -2.11. The molecule has 1 aliphatic rings. The van der Waals surface area contributed by atoms with E-state index < -0.39 is 0 Å².